The predicted molar refractivity (Wildman–Crippen MR) is 97.0 cm³/mol. The summed E-state index contributed by atoms with van der Waals surface area (Å²) in [5.74, 6) is 0. The monoisotopic (exact) mass is 293 g/mol. The normalized spacial score (nSPS) is 15.2. The number of hydrogen-bond acceptors (Lipinski definition) is 1. The third-order valence-electron chi connectivity index (χ3n) is 4.39. The maximum atomic E-state index is 2.54. The van der Waals surface area contributed by atoms with Crippen molar-refractivity contribution >= 4 is 5.57 Å². The maximum Gasteiger partial charge on any atom is 0.00189 e. The van der Waals surface area contributed by atoms with Gasteiger partial charge in [0.05, 0.1) is 0 Å². The Kier molecular flexibility index (Phi) is 5.97. The minimum atomic E-state index is 0. The maximum absolute atomic E-state index is 2.54. The van der Waals surface area contributed by atoms with Gasteiger partial charge in [-0.2, -0.15) is 0 Å². The van der Waals surface area contributed by atoms with Crippen LogP contribution in [0.5, 0.6) is 0 Å². The molecule has 116 valence electrons. The van der Waals surface area contributed by atoms with Crippen LogP contribution in [-0.2, 0) is 0 Å². The second-order valence-corrected chi connectivity index (χ2v) is 5.64. The van der Waals surface area contributed by atoms with Crippen LogP contribution >= 0.6 is 0 Å². The van der Waals surface area contributed by atoms with Crippen molar-refractivity contribution in [3.05, 3.63) is 77.4 Å². The van der Waals surface area contributed by atoms with Crippen LogP contribution in [0.15, 0.2) is 66.2 Å². The molecule has 0 bridgehead atoms. The summed E-state index contributed by atoms with van der Waals surface area (Å²) in [6.07, 6.45) is 2.37. The van der Waals surface area contributed by atoms with E-state index in [0.29, 0.717) is 0 Å². The van der Waals surface area contributed by atoms with Gasteiger partial charge in [0.25, 0.3) is 0 Å². The lowest BCUT2D eigenvalue weighted by atomic mass is 9.88. The Balaban J connectivity index is 0.00000176. The molecule has 1 aliphatic rings. The van der Waals surface area contributed by atoms with Gasteiger partial charge >= 0.3 is 0 Å². The fourth-order valence-electron chi connectivity index (χ4n) is 3.17. The fourth-order valence-corrected chi connectivity index (χ4v) is 3.17. The van der Waals surface area contributed by atoms with Gasteiger partial charge in [-0.15, -0.1) is 0 Å². The molecule has 1 nitrogen and oxygen atoms in total. The highest BCUT2D eigenvalue weighted by Crippen LogP contribution is 2.32. The summed E-state index contributed by atoms with van der Waals surface area (Å²) >= 11 is 0. The van der Waals surface area contributed by atoms with Crippen LogP contribution in [-0.4, -0.2) is 24.5 Å². The van der Waals surface area contributed by atoms with Crippen molar-refractivity contribution in [3.63, 3.8) is 0 Å². The SMILES string of the molecule is C.CCN1CCC(=C(c2ccccc2)c2ccccc2)CC1. The molecule has 2 aromatic rings. The minimum absolute atomic E-state index is 0. The van der Waals surface area contributed by atoms with Gasteiger partial charge in [0, 0.05) is 13.1 Å². The van der Waals surface area contributed by atoms with E-state index in [-0.39, 0.29) is 7.43 Å². The Morgan fingerprint density at radius 2 is 1.27 bits per heavy atom. The summed E-state index contributed by atoms with van der Waals surface area (Å²) in [5, 5.41) is 0. The third kappa shape index (κ3) is 3.66. The molecule has 1 heterocycles. The summed E-state index contributed by atoms with van der Waals surface area (Å²) in [6, 6.07) is 21.7. The quantitative estimate of drug-likeness (QED) is 0.748. The molecular weight excluding hydrogens is 266 g/mol. The van der Waals surface area contributed by atoms with E-state index in [9.17, 15) is 0 Å². The molecule has 1 fully saturated rings. The largest absolute Gasteiger partial charge is 0.303 e. The molecule has 0 aromatic heterocycles. The van der Waals surface area contributed by atoms with Gasteiger partial charge in [-0.25, -0.2) is 0 Å². The van der Waals surface area contributed by atoms with E-state index < -0.39 is 0 Å². The van der Waals surface area contributed by atoms with Gasteiger partial charge in [0.2, 0.25) is 0 Å². The average Bonchev–Trinajstić information content (AvgIpc) is 2.58. The van der Waals surface area contributed by atoms with E-state index in [1.165, 1.54) is 49.2 Å². The second-order valence-electron chi connectivity index (χ2n) is 5.64. The summed E-state index contributed by atoms with van der Waals surface area (Å²) < 4.78 is 0. The molecule has 22 heavy (non-hydrogen) atoms. The zero-order valence-electron chi connectivity index (χ0n) is 12.8. The van der Waals surface area contributed by atoms with Crippen molar-refractivity contribution < 1.29 is 0 Å². The first kappa shape index (κ1) is 16.5. The van der Waals surface area contributed by atoms with E-state index in [1.54, 1.807) is 5.57 Å². The summed E-state index contributed by atoms with van der Waals surface area (Å²) in [5.41, 5.74) is 5.76. The van der Waals surface area contributed by atoms with Gasteiger partial charge in [0.15, 0.2) is 0 Å². The number of benzene rings is 2. The highest BCUT2D eigenvalue weighted by Gasteiger charge is 2.17. The highest BCUT2D eigenvalue weighted by molar-refractivity contribution is 5.82. The van der Waals surface area contributed by atoms with Crippen molar-refractivity contribution in [1.82, 2.24) is 4.90 Å². The van der Waals surface area contributed by atoms with Crippen LogP contribution in [0.1, 0.15) is 38.3 Å². The molecule has 0 aliphatic carbocycles. The standard InChI is InChI=1S/C20H23N.CH4/c1-2-21-15-13-19(14-16-21)20(17-9-5-3-6-10-17)18-11-7-4-8-12-18;/h3-12H,2,13-16H2,1H3;1H4. The number of likely N-dealkylation sites (tertiary alicyclic amines) is 1. The van der Waals surface area contributed by atoms with Gasteiger partial charge in [-0.1, -0.05) is 80.6 Å². The number of piperidine rings is 1. The van der Waals surface area contributed by atoms with E-state index in [4.69, 9.17) is 0 Å². The van der Waals surface area contributed by atoms with Crippen LogP contribution in [0.4, 0.5) is 0 Å². The van der Waals surface area contributed by atoms with Crippen LogP contribution < -0.4 is 0 Å². The fraction of sp³-hybridized carbons (Fsp3) is 0.333. The van der Waals surface area contributed by atoms with E-state index >= 15 is 0 Å². The van der Waals surface area contributed by atoms with Crippen LogP contribution in [0.25, 0.3) is 5.57 Å². The first-order chi connectivity index (χ1) is 10.4. The van der Waals surface area contributed by atoms with E-state index in [0.717, 1.165) is 0 Å². The summed E-state index contributed by atoms with van der Waals surface area (Å²) in [4.78, 5) is 2.54. The van der Waals surface area contributed by atoms with Gasteiger partial charge in [-0.3, -0.25) is 0 Å². The van der Waals surface area contributed by atoms with Crippen molar-refractivity contribution in [3.8, 4) is 0 Å². The molecule has 0 N–H and O–H groups in total. The average molecular weight is 293 g/mol. The van der Waals surface area contributed by atoms with Crippen molar-refractivity contribution in [2.75, 3.05) is 19.6 Å². The van der Waals surface area contributed by atoms with Gasteiger partial charge in [-0.05, 0) is 36.1 Å². The smallest absolute Gasteiger partial charge is 0.00189 e. The molecule has 2 aromatic carbocycles. The summed E-state index contributed by atoms with van der Waals surface area (Å²) in [7, 11) is 0. The molecule has 1 aliphatic heterocycles. The molecule has 0 atom stereocenters. The molecule has 0 saturated carbocycles. The first-order valence-electron chi connectivity index (χ1n) is 7.93. The molecule has 0 spiro atoms. The Morgan fingerprint density at radius 1 is 0.818 bits per heavy atom. The predicted octanol–water partition coefficient (Wildman–Crippen LogP) is 5.24. The second kappa shape index (κ2) is 7.95. The van der Waals surface area contributed by atoms with E-state index in [2.05, 4.69) is 72.5 Å². The van der Waals surface area contributed by atoms with Crippen LogP contribution in [0, 0.1) is 0 Å². The van der Waals surface area contributed by atoms with Crippen molar-refractivity contribution in [1.29, 1.82) is 0 Å². The molecule has 1 saturated heterocycles. The molecule has 0 unspecified atom stereocenters. The number of nitrogens with zero attached hydrogens (tertiary/aromatic N) is 1. The van der Waals surface area contributed by atoms with Crippen LogP contribution in [0.3, 0.4) is 0 Å². The van der Waals surface area contributed by atoms with E-state index in [1.807, 2.05) is 0 Å². The highest BCUT2D eigenvalue weighted by atomic mass is 15.1. The van der Waals surface area contributed by atoms with Crippen LogP contribution in [0.2, 0.25) is 0 Å². The minimum Gasteiger partial charge on any atom is -0.303 e. The Labute approximate surface area is 135 Å². The first-order valence-corrected chi connectivity index (χ1v) is 7.93. The van der Waals surface area contributed by atoms with Gasteiger partial charge < -0.3 is 4.90 Å². The lowest BCUT2D eigenvalue weighted by molar-refractivity contribution is 0.270. The molecular formula is C21H27N. The Morgan fingerprint density at radius 3 is 1.68 bits per heavy atom. The molecule has 0 radical (unpaired) electrons. The van der Waals surface area contributed by atoms with Crippen molar-refractivity contribution in [2.45, 2.75) is 27.2 Å². The molecule has 0 amide bonds. The number of rotatable bonds is 3. The summed E-state index contributed by atoms with van der Waals surface area (Å²) in [6.45, 7) is 5.80. The zero-order valence-corrected chi connectivity index (χ0v) is 12.8. The topological polar surface area (TPSA) is 3.24 Å². The lowest BCUT2D eigenvalue weighted by Gasteiger charge is -2.29. The van der Waals surface area contributed by atoms with Crippen molar-refractivity contribution in [2.24, 2.45) is 0 Å². The molecule has 1 heteroatoms. The number of hydrogen-bond donors (Lipinski definition) is 0. The molecule has 3 rings (SSSR count). The zero-order chi connectivity index (χ0) is 14.5. The van der Waals surface area contributed by atoms with Gasteiger partial charge in [0.1, 0.15) is 0 Å². The third-order valence-corrected chi connectivity index (χ3v) is 4.39. The Hall–Kier alpha value is -1.86. The lowest BCUT2D eigenvalue weighted by Crippen LogP contribution is -2.30. The Bertz CT molecular complexity index is 547.